The zero-order chi connectivity index (χ0) is 13.2. The average molecular weight is 257 g/mol. The summed E-state index contributed by atoms with van der Waals surface area (Å²) in [4.78, 5) is 20.9. The Kier molecular flexibility index (Phi) is 2.95. The first-order valence-corrected chi connectivity index (χ1v) is 6.13. The highest BCUT2D eigenvalue weighted by molar-refractivity contribution is 5.95. The second-order valence-electron chi connectivity index (χ2n) is 4.39. The average Bonchev–Trinajstić information content (AvgIpc) is 2.86. The van der Waals surface area contributed by atoms with Crippen molar-refractivity contribution >= 4 is 11.6 Å². The quantitative estimate of drug-likeness (QED) is 0.776. The van der Waals surface area contributed by atoms with E-state index in [0.717, 1.165) is 12.0 Å². The second kappa shape index (κ2) is 4.76. The van der Waals surface area contributed by atoms with Crippen LogP contribution in [-0.4, -0.2) is 22.4 Å². The van der Waals surface area contributed by atoms with Crippen LogP contribution in [0.25, 0.3) is 11.3 Å². The van der Waals surface area contributed by atoms with Crippen LogP contribution in [0.3, 0.4) is 0 Å². The van der Waals surface area contributed by atoms with E-state index in [1.807, 2.05) is 0 Å². The van der Waals surface area contributed by atoms with Crippen LogP contribution in [0.4, 0.5) is 10.1 Å². The predicted molar refractivity (Wildman–Crippen MR) is 69.0 cm³/mol. The van der Waals surface area contributed by atoms with E-state index in [9.17, 15) is 9.18 Å². The minimum absolute atomic E-state index is 0.0441. The van der Waals surface area contributed by atoms with Gasteiger partial charge in [0.05, 0.1) is 11.4 Å². The van der Waals surface area contributed by atoms with Gasteiger partial charge in [0.25, 0.3) is 0 Å². The number of amides is 1. The van der Waals surface area contributed by atoms with Crippen LogP contribution < -0.4 is 4.90 Å². The van der Waals surface area contributed by atoms with Crippen molar-refractivity contribution in [2.75, 3.05) is 11.4 Å². The molecule has 1 fully saturated rings. The summed E-state index contributed by atoms with van der Waals surface area (Å²) in [6, 6.07) is 6.87. The highest BCUT2D eigenvalue weighted by Crippen LogP contribution is 2.26. The summed E-state index contributed by atoms with van der Waals surface area (Å²) in [5.41, 5.74) is 1.60. The molecule has 0 saturated carbocycles. The molecule has 0 atom stereocenters. The molecule has 1 saturated heterocycles. The molecule has 0 aliphatic carbocycles. The monoisotopic (exact) mass is 257 g/mol. The van der Waals surface area contributed by atoms with Crippen molar-refractivity contribution < 1.29 is 9.18 Å². The summed E-state index contributed by atoms with van der Waals surface area (Å²) in [7, 11) is 0. The van der Waals surface area contributed by atoms with Crippen molar-refractivity contribution in [3.05, 3.63) is 42.6 Å². The van der Waals surface area contributed by atoms with Crippen LogP contribution in [-0.2, 0) is 4.79 Å². The van der Waals surface area contributed by atoms with E-state index in [1.165, 1.54) is 4.90 Å². The fourth-order valence-corrected chi connectivity index (χ4v) is 2.21. The van der Waals surface area contributed by atoms with Crippen LogP contribution >= 0.6 is 0 Å². The smallest absolute Gasteiger partial charge is 0.237 e. The Balaban J connectivity index is 1.96. The molecule has 19 heavy (non-hydrogen) atoms. The van der Waals surface area contributed by atoms with E-state index in [-0.39, 0.29) is 11.6 Å². The number of pyridine rings is 2. The summed E-state index contributed by atoms with van der Waals surface area (Å²) < 4.78 is 14.0. The van der Waals surface area contributed by atoms with Crippen LogP contribution in [0.5, 0.6) is 0 Å². The zero-order valence-electron chi connectivity index (χ0n) is 10.2. The van der Waals surface area contributed by atoms with Crippen molar-refractivity contribution in [1.82, 2.24) is 9.97 Å². The van der Waals surface area contributed by atoms with Gasteiger partial charge in [-0.3, -0.25) is 9.78 Å². The Labute approximate surface area is 109 Å². The van der Waals surface area contributed by atoms with Gasteiger partial charge in [0.2, 0.25) is 11.9 Å². The molecule has 0 unspecified atom stereocenters. The lowest BCUT2D eigenvalue weighted by atomic mass is 10.2. The normalized spacial score (nSPS) is 15.0. The maximum Gasteiger partial charge on any atom is 0.237 e. The number of hydrogen-bond donors (Lipinski definition) is 0. The molecule has 1 amide bonds. The third-order valence-electron chi connectivity index (χ3n) is 3.17. The largest absolute Gasteiger partial charge is 0.308 e. The van der Waals surface area contributed by atoms with Crippen LogP contribution in [0.2, 0.25) is 0 Å². The van der Waals surface area contributed by atoms with Gasteiger partial charge < -0.3 is 4.90 Å². The number of halogens is 1. The summed E-state index contributed by atoms with van der Waals surface area (Å²) in [5, 5.41) is 0. The first-order valence-electron chi connectivity index (χ1n) is 6.13. The molecule has 0 bridgehead atoms. The number of nitrogens with zero attached hydrogens (tertiary/aromatic N) is 3. The number of carbonyl (C=O) groups is 1. The van der Waals surface area contributed by atoms with Gasteiger partial charge in [-0.2, -0.15) is 4.39 Å². The highest BCUT2D eigenvalue weighted by Gasteiger charge is 2.24. The van der Waals surface area contributed by atoms with E-state index >= 15 is 0 Å². The van der Waals surface area contributed by atoms with Crippen molar-refractivity contribution in [2.24, 2.45) is 0 Å². The molecule has 0 N–H and O–H groups in total. The molecule has 3 heterocycles. The summed E-state index contributed by atoms with van der Waals surface area (Å²) in [6.45, 7) is 0.562. The van der Waals surface area contributed by atoms with Gasteiger partial charge in [-0.15, -0.1) is 0 Å². The SMILES string of the molecule is O=C1CCCN1c1ccc(-c2ccncc2)nc1F. The van der Waals surface area contributed by atoms with E-state index in [1.54, 1.807) is 36.7 Å². The molecular weight excluding hydrogens is 245 g/mol. The van der Waals surface area contributed by atoms with Crippen LogP contribution in [0.1, 0.15) is 12.8 Å². The summed E-state index contributed by atoms with van der Waals surface area (Å²) in [6.07, 6.45) is 4.51. The molecule has 0 radical (unpaired) electrons. The second-order valence-corrected chi connectivity index (χ2v) is 4.39. The van der Waals surface area contributed by atoms with Gasteiger partial charge in [-0.25, -0.2) is 4.98 Å². The Morgan fingerprint density at radius 1 is 1.16 bits per heavy atom. The summed E-state index contributed by atoms with van der Waals surface area (Å²) >= 11 is 0. The standard InChI is InChI=1S/C14H12FN3O/c15-14-12(18-9-1-2-13(18)19)4-3-11(17-14)10-5-7-16-8-6-10/h3-8H,1-2,9H2. The first-order chi connectivity index (χ1) is 9.25. The van der Waals surface area contributed by atoms with Crippen molar-refractivity contribution in [1.29, 1.82) is 0 Å². The molecule has 5 heteroatoms. The Morgan fingerprint density at radius 2 is 1.95 bits per heavy atom. The lowest BCUT2D eigenvalue weighted by Gasteiger charge is -2.16. The van der Waals surface area contributed by atoms with Gasteiger partial charge in [-0.1, -0.05) is 0 Å². The lowest BCUT2D eigenvalue weighted by Crippen LogP contribution is -2.25. The third-order valence-corrected chi connectivity index (χ3v) is 3.17. The Hall–Kier alpha value is -2.30. The molecule has 0 aromatic carbocycles. The molecule has 0 spiro atoms. The van der Waals surface area contributed by atoms with E-state index in [2.05, 4.69) is 9.97 Å². The minimum Gasteiger partial charge on any atom is -0.308 e. The fraction of sp³-hybridized carbons (Fsp3) is 0.214. The predicted octanol–water partition coefficient (Wildman–Crippen LogP) is 2.41. The van der Waals surface area contributed by atoms with E-state index in [0.29, 0.717) is 18.7 Å². The number of aromatic nitrogens is 2. The molecular formula is C14H12FN3O. The maximum absolute atomic E-state index is 14.0. The number of rotatable bonds is 2. The van der Waals surface area contributed by atoms with E-state index in [4.69, 9.17) is 0 Å². The molecule has 1 aliphatic rings. The first kappa shape index (κ1) is 11.8. The van der Waals surface area contributed by atoms with Gasteiger partial charge in [-0.05, 0) is 30.7 Å². The molecule has 1 aliphatic heterocycles. The van der Waals surface area contributed by atoms with Crippen molar-refractivity contribution in [2.45, 2.75) is 12.8 Å². The van der Waals surface area contributed by atoms with Crippen molar-refractivity contribution in [3.8, 4) is 11.3 Å². The number of carbonyl (C=O) groups excluding carboxylic acids is 1. The zero-order valence-corrected chi connectivity index (χ0v) is 10.2. The number of hydrogen-bond acceptors (Lipinski definition) is 3. The Bertz CT molecular complexity index is 615. The molecule has 2 aromatic rings. The minimum atomic E-state index is -0.607. The van der Waals surface area contributed by atoms with Gasteiger partial charge in [0.1, 0.15) is 0 Å². The fourth-order valence-electron chi connectivity index (χ4n) is 2.21. The molecule has 3 rings (SSSR count). The van der Waals surface area contributed by atoms with Gasteiger partial charge in [0.15, 0.2) is 0 Å². The van der Waals surface area contributed by atoms with Crippen LogP contribution in [0, 0.1) is 5.95 Å². The summed E-state index contributed by atoms with van der Waals surface area (Å²) in [5.74, 6) is -0.651. The molecule has 4 nitrogen and oxygen atoms in total. The van der Waals surface area contributed by atoms with Gasteiger partial charge in [0, 0.05) is 30.9 Å². The van der Waals surface area contributed by atoms with E-state index < -0.39 is 5.95 Å². The topological polar surface area (TPSA) is 46.1 Å². The van der Waals surface area contributed by atoms with Crippen LogP contribution in [0.15, 0.2) is 36.7 Å². The van der Waals surface area contributed by atoms with Gasteiger partial charge >= 0.3 is 0 Å². The van der Waals surface area contributed by atoms with Crippen molar-refractivity contribution in [3.63, 3.8) is 0 Å². The third kappa shape index (κ3) is 2.19. The Morgan fingerprint density at radius 3 is 2.58 bits per heavy atom. The molecule has 2 aromatic heterocycles. The lowest BCUT2D eigenvalue weighted by molar-refractivity contribution is -0.117. The maximum atomic E-state index is 14.0. The highest BCUT2D eigenvalue weighted by atomic mass is 19.1. The molecule has 96 valence electrons. The number of anilines is 1.